The van der Waals surface area contributed by atoms with E-state index in [1.165, 1.54) is 9.13 Å². The summed E-state index contributed by atoms with van der Waals surface area (Å²) in [5.41, 5.74) is 0.914. The molecule has 1 unspecified atom stereocenters. The number of carbonyl (C=O) groups is 1. The highest BCUT2D eigenvalue weighted by atomic mass is 127. The van der Waals surface area contributed by atoms with Crippen molar-refractivity contribution in [3.63, 3.8) is 0 Å². The first-order chi connectivity index (χ1) is 7.30. The lowest BCUT2D eigenvalue weighted by Crippen LogP contribution is -2.29. The Morgan fingerprint density at radius 3 is 2.25 bits per heavy atom. The van der Waals surface area contributed by atoms with Crippen molar-refractivity contribution in [2.24, 2.45) is 5.41 Å². The zero-order valence-electron chi connectivity index (χ0n) is 9.76. The quantitative estimate of drug-likeness (QED) is 0.554. The van der Waals surface area contributed by atoms with Gasteiger partial charge in [0, 0.05) is 8.99 Å². The third-order valence-corrected chi connectivity index (χ3v) is 3.81. The van der Waals surface area contributed by atoms with Crippen LogP contribution >= 0.6 is 38.5 Å². The van der Waals surface area contributed by atoms with Crippen molar-refractivity contribution >= 4 is 44.3 Å². The lowest BCUT2D eigenvalue weighted by Gasteiger charge is -2.20. The van der Waals surface area contributed by atoms with Crippen LogP contribution in [-0.4, -0.2) is 10.6 Å². The topological polar surface area (TPSA) is 17.1 Å². The molecule has 1 aromatic carbocycles. The molecule has 0 aliphatic rings. The van der Waals surface area contributed by atoms with E-state index in [1.807, 2.05) is 20.8 Å². The van der Waals surface area contributed by atoms with Gasteiger partial charge in [-0.1, -0.05) is 48.8 Å². The summed E-state index contributed by atoms with van der Waals surface area (Å²) in [6.45, 7) is 5.87. The Hall–Kier alpha value is 0.1000. The molecule has 0 saturated heterocycles. The molecule has 1 nitrogen and oxygen atoms in total. The van der Waals surface area contributed by atoms with Gasteiger partial charge in [-0.05, 0) is 46.7 Å². The van der Waals surface area contributed by atoms with Crippen LogP contribution in [0.2, 0.25) is 0 Å². The molecule has 0 heterocycles. The van der Waals surface area contributed by atoms with E-state index in [4.69, 9.17) is 0 Å². The summed E-state index contributed by atoms with van der Waals surface area (Å²) in [5, 5.41) is 0. The van der Waals surface area contributed by atoms with E-state index in [1.54, 1.807) is 0 Å². The average molecular weight is 395 g/mol. The Bertz CT molecular complexity index is 365. The van der Waals surface area contributed by atoms with Crippen molar-refractivity contribution in [1.29, 1.82) is 0 Å². The third kappa shape index (κ3) is 4.17. The van der Waals surface area contributed by atoms with Crippen LogP contribution in [-0.2, 0) is 11.2 Å². The van der Waals surface area contributed by atoms with Crippen molar-refractivity contribution in [2.45, 2.75) is 32.0 Å². The van der Waals surface area contributed by atoms with Crippen LogP contribution in [0.3, 0.4) is 0 Å². The summed E-state index contributed by atoms with van der Waals surface area (Å²) < 4.78 is 1.22. The standard InChI is InChI=1S/C13H16BrIO/c1-13(2,3)12(16)11(14)8-9-4-6-10(15)7-5-9/h4-7,11H,8H2,1-3H3. The summed E-state index contributed by atoms with van der Waals surface area (Å²) in [5.74, 6) is 0.256. The number of Topliss-reactive ketones (excluding diaryl/α,β-unsaturated/α-hetero) is 1. The molecule has 0 spiro atoms. The minimum absolute atomic E-state index is 0.0902. The van der Waals surface area contributed by atoms with Gasteiger partial charge in [0.1, 0.15) is 0 Å². The van der Waals surface area contributed by atoms with Crippen molar-refractivity contribution in [3.05, 3.63) is 33.4 Å². The van der Waals surface area contributed by atoms with Crippen molar-refractivity contribution in [1.82, 2.24) is 0 Å². The van der Waals surface area contributed by atoms with Crippen molar-refractivity contribution in [2.75, 3.05) is 0 Å². The summed E-state index contributed by atoms with van der Waals surface area (Å²) in [7, 11) is 0. The van der Waals surface area contributed by atoms with E-state index >= 15 is 0 Å². The molecule has 1 rings (SSSR count). The molecule has 16 heavy (non-hydrogen) atoms. The van der Waals surface area contributed by atoms with Crippen molar-refractivity contribution < 1.29 is 4.79 Å². The molecule has 0 radical (unpaired) electrons. The number of benzene rings is 1. The van der Waals surface area contributed by atoms with E-state index in [2.05, 4.69) is 62.8 Å². The molecule has 0 amide bonds. The van der Waals surface area contributed by atoms with E-state index in [0.29, 0.717) is 0 Å². The van der Waals surface area contributed by atoms with Crippen LogP contribution in [0.5, 0.6) is 0 Å². The van der Waals surface area contributed by atoms with E-state index < -0.39 is 0 Å². The second-order valence-electron chi connectivity index (χ2n) is 4.91. The fourth-order valence-electron chi connectivity index (χ4n) is 1.39. The number of rotatable bonds is 3. The maximum Gasteiger partial charge on any atom is 0.152 e. The maximum atomic E-state index is 12.0. The van der Waals surface area contributed by atoms with Crippen LogP contribution in [0.1, 0.15) is 26.3 Å². The van der Waals surface area contributed by atoms with Gasteiger partial charge in [-0.15, -0.1) is 0 Å². The number of hydrogen-bond acceptors (Lipinski definition) is 1. The van der Waals surface area contributed by atoms with Crippen molar-refractivity contribution in [3.8, 4) is 0 Å². The highest BCUT2D eigenvalue weighted by molar-refractivity contribution is 14.1. The van der Waals surface area contributed by atoms with E-state index in [0.717, 1.165) is 6.42 Å². The van der Waals surface area contributed by atoms with Gasteiger partial charge in [0.25, 0.3) is 0 Å². The van der Waals surface area contributed by atoms with Gasteiger partial charge in [0.2, 0.25) is 0 Å². The lowest BCUT2D eigenvalue weighted by molar-refractivity contribution is -0.125. The SMILES string of the molecule is CC(C)(C)C(=O)C(Br)Cc1ccc(I)cc1. The van der Waals surface area contributed by atoms with Gasteiger partial charge in [-0.25, -0.2) is 0 Å². The minimum Gasteiger partial charge on any atom is -0.298 e. The Labute approximate surface area is 119 Å². The zero-order chi connectivity index (χ0) is 12.3. The average Bonchev–Trinajstić information content (AvgIpc) is 2.19. The Balaban J connectivity index is 2.68. The lowest BCUT2D eigenvalue weighted by atomic mass is 9.87. The molecule has 0 bridgehead atoms. The molecule has 1 aromatic rings. The molecule has 0 aromatic heterocycles. The highest BCUT2D eigenvalue weighted by Gasteiger charge is 2.27. The Morgan fingerprint density at radius 1 is 1.31 bits per heavy atom. The van der Waals surface area contributed by atoms with E-state index in [9.17, 15) is 4.79 Å². The smallest absolute Gasteiger partial charge is 0.152 e. The second kappa shape index (κ2) is 5.63. The monoisotopic (exact) mass is 394 g/mol. The predicted molar refractivity (Wildman–Crippen MR) is 80.0 cm³/mol. The number of carbonyl (C=O) groups excluding carboxylic acids is 1. The molecule has 0 N–H and O–H groups in total. The number of ketones is 1. The summed E-state index contributed by atoms with van der Waals surface area (Å²) >= 11 is 5.76. The first-order valence-corrected chi connectivity index (χ1v) is 7.23. The minimum atomic E-state index is -0.280. The first kappa shape index (κ1) is 14.2. The summed E-state index contributed by atoms with van der Waals surface area (Å²) in [4.78, 5) is 11.9. The van der Waals surface area contributed by atoms with Gasteiger partial charge in [0.05, 0.1) is 4.83 Å². The molecule has 0 aliphatic heterocycles. The predicted octanol–water partition coefficient (Wildman–Crippen LogP) is 4.21. The molecule has 0 aliphatic carbocycles. The van der Waals surface area contributed by atoms with Crippen LogP contribution in [0.15, 0.2) is 24.3 Å². The molecule has 88 valence electrons. The van der Waals surface area contributed by atoms with E-state index in [-0.39, 0.29) is 16.0 Å². The Morgan fingerprint density at radius 2 is 1.81 bits per heavy atom. The maximum absolute atomic E-state index is 12.0. The fraction of sp³-hybridized carbons (Fsp3) is 0.462. The normalized spacial score (nSPS) is 13.6. The molecule has 0 fully saturated rings. The zero-order valence-corrected chi connectivity index (χ0v) is 13.5. The van der Waals surface area contributed by atoms with Crippen LogP contribution in [0, 0.1) is 8.99 Å². The second-order valence-corrected chi connectivity index (χ2v) is 7.26. The van der Waals surface area contributed by atoms with Gasteiger partial charge in [0.15, 0.2) is 5.78 Å². The molecule has 0 saturated carbocycles. The van der Waals surface area contributed by atoms with Gasteiger partial charge >= 0.3 is 0 Å². The number of halogens is 2. The van der Waals surface area contributed by atoms with Gasteiger partial charge in [-0.3, -0.25) is 4.79 Å². The first-order valence-electron chi connectivity index (χ1n) is 5.23. The molecule has 1 atom stereocenters. The number of hydrogen-bond donors (Lipinski definition) is 0. The summed E-state index contributed by atoms with van der Waals surface area (Å²) in [6, 6.07) is 8.28. The van der Waals surface area contributed by atoms with Crippen LogP contribution < -0.4 is 0 Å². The molecular weight excluding hydrogens is 379 g/mol. The molecular formula is C13H16BrIO. The third-order valence-electron chi connectivity index (χ3n) is 2.35. The summed E-state index contributed by atoms with van der Waals surface area (Å²) in [6.07, 6.45) is 0.757. The fourth-order valence-corrected chi connectivity index (χ4v) is 2.81. The van der Waals surface area contributed by atoms with Gasteiger partial charge in [-0.2, -0.15) is 0 Å². The van der Waals surface area contributed by atoms with Crippen LogP contribution in [0.25, 0.3) is 0 Å². The van der Waals surface area contributed by atoms with Gasteiger partial charge < -0.3 is 0 Å². The molecule has 3 heteroatoms. The largest absolute Gasteiger partial charge is 0.298 e. The number of alkyl halides is 1. The Kier molecular flexibility index (Phi) is 4.98. The van der Waals surface area contributed by atoms with Crippen LogP contribution in [0.4, 0.5) is 0 Å². The highest BCUT2D eigenvalue weighted by Crippen LogP contribution is 2.23.